The highest BCUT2D eigenvalue weighted by molar-refractivity contribution is 7.07. The van der Waals surface area contributed by atoms with E-state index in [1.807, 2.05) is 16.8 Å². The van der Waals surface area contributed by atoms with Gasteiger partial charge in [-0.2, -0.15) is 11.3 Å². The first kappa shape index (κ1) is 10.8. The van der Waals surface area contributed by atoms with E-state index in [0.29, 0.717) is 12.1 Å². The van der Waals surface area contributed by atoms with E-state index in [2.05, 4.69) is 4.98 Å². The summed E-state index contributed by atoms with van der Waals surface area (Å²) in [5, 5.41) is 4.06. The predicted molar refractivity (Wildman–Crippen MR) is 64.4 cm³/mol. The summed E-state index contributed by atoms with van der Waals surface area (Å²) >= 11 is 1.64. The second-order valence-electron chi connectivity index (χ2n) is 3.53. The van der Waals surface area contributed by atoms with Gasteiger partial charge in [-0.25, -0.2) is 0 Å². The molecule has 4 heteroatoms. The molecule has 0 saturated carbocycles. The van der Waals surface area contributed by atoms with Crippen molar-refractivity contribution in [1.82, 2.24) is 9.88 Å². The molecular weight excluding hydrogens is 220 g/mol. The van der Waals surface area contributed by atoms with Gasteiger partial charge in [-0.15, -0.1) is 0 Å². The van der Waals surface area contributed by atoms with Gasteiger partial charge in [0.1, 0.15) is 0 Å². The molecule has 3 nitrogen and oxygen atoms in total. The zero-order chi connectivity index (χ0) is 11.4. The van der Waals surface area contributed by atoms with Gasteiger partial charge in [0, 0.05) is 26.0 Å². The fourth-order valence-electron chi connectivity index (χ4n) is 1.44. The summed E-state index contributed by atoms with van der Waals surface area (Å²) in [6, 6.07) is 5.57. The summed E-state index contributed by atoms with van der Waals surface area (Å²) in [7, 11) is 1.80. The third kappa shape index (κ3) is 2.46. The molecule has 16 heavy (non-hydrogen) atoms. The smallest absolute Gasteiger partial charge is 0.255 e. The van der Waals surface area contributed by atoms with Crippen LogP contribution in [0.5, 0.6) is 0 Å². The average Bonchev–Trinajstić information content (AvgIpc) is 2.82. The summed E-state index contributed by atoms with van der Waals surface area (Å²) in [5.74, 6) is -0.000648. The molecule has 2 aromatic heterocycles. The van der Waals surface area contributed by atoms with Gasteiger partial charge in [-0.1, -0.05) is 0 Å². The first-order valence-corrected chi connectivity index (χ1v) is 5.88. The minimum absolute atomic E-state index is 0.000648. The van der Waals surface area contributed by atoms with Crippen LogP contribution in [0.4, 0.5) is 0 Å². The Morgan fingerprint density at radius 2 is 2.38 bits per heavy atom. The fraction of sp³-hybridized carbons (Fsp3) is 0.167. The second-order valence-corrected chi connectivity index (χ2v) is 4.31. The number of carbonyl (C=O) groups excluding carboxylic acids is 1. The molecule has 0 fully saturated rings. The van der Waals surface area contributed by atoms with E-state index in [9.17, 15) is 4.79 Å². The van der Waals surface area contributed by atoms with Gasteiger partial charge in [-0.05, 0) is 34.5 Å². The average molecular weight is 232 g/mol. The lowest BCUT2D eigenvalue weighted by molar-refractivity contribution is 0.0785. The van der Waals surface area contributed by atoms with Gasteiger partial charge in [0.05, 0.1) is 5.56 Å². The van der Waals surface area contributed by atoms with Crippen molar-refractivity contribution in [3.63, 3.8) is 0 Å². The Balaban J connectivity index is 2.05. The molecule has 0 radical (unpaired) electrons. The number of rotatable bonds is 3. The van der Waals surface area contributed by atoms with Gasteiger partial charge in [0.15, 0.2) is 0 Å². The number of hydrogen-bond donors (Lipinski definition) is 0. The third-order valence-corrected chi connectivity index (χ3v) is 2.99. The molecule has 0 bridgehead atoms. The van der Waals surface area contributed by atoms with Crippen LogP contribution in [0.15, 0.2) is 41.4 Å². The highest BCUT2D eigenvalue weighted by atomic mass is 32.1. The van der Waals surface area contributed by atoms with E-state index in [1.165, 1.54) is 0 Å². The van der Waals surface area contributed by atoms with Crippen LogP contribution < -0.4 is 0 Å². The molecular formula is C12H12N2OS. The van der Waals surface area contributed by atoms with Crippen molar-refractivity contribution in [1.29, 1.82) is 0 Å². The van der Waals surface area contributed by atoms with Crippen LogP contribution in [0.25, 0.3) is 0 Å². The maximum absolute atomic E-state index is 12.0. The van der Waals surface area contributed by atoms with Crippen molar-refractivity contribution in [3.8, 4) is 0 Å². The topological polar surface area (TPSA) is 33.2 Å². The summed E-state index contributed by atoms with van der Waals surface area (Å²) in [6.45, 7) is 0.636. The van der Waals surface area contributed by atoms with Crippen LogP contribution in [-0.2, 0) is 6.54 Å². The molecule has 0 aliphatic rings. The Kier molecular flexibility index (Phi) is 3.31. The normalized spacial score (nSPS) is 10.1. The van der Waals surface area contributed by atoms with Crippen molar-refractivity contribution in [3.05, 3.63) is 52.5 Å². The largest absolute Gasteiger partial charge is 0.337 e. The maximum atomic E-state index is 12.0. The summed E-state index contributed by atoms with van der Waals surface area (Å²) in [5.41, 5.74) is 1.78. The van der Waals surface area contributed by atoms with Crippen LogP contribution in [-0.4, -0.2) is 22.8 Å². The zero-order valence-electron chi connectivity index (χ0n) is 8.96. The van der Waals surface area contributed by atoms with Crippen LogP contribution in [0.3, 0.4) is 0 Å². The summed E-state index contributed by atoms with van der Waals surface area (Å²) in [4.78, 5) is 17.6. The van der Waals surface area contributed by atoms with E-state index in [0.717, 1.165) is 5.56 Å². The van der Waals surface area contributed by atoms with Crippen LogP contribution in [0, 0.1) is 0 Å². The minimum atomic E-state index is -0.000648. The molecule has 0 unspecified atom stereocenters. The lowest BCUT2D eigenvalue weighted by Crippen LogP contribution is -2.25. The van der Waals surface area contributed by atoms with Crippen molar-refractivity contribution < 1.29 is 4.79 Å². The Bertz CT molecular complexity index is 453. The van der Waals surface area contributed by atoms with Crippen LogP contribution >= 0.6 is 11.3 Å². The Morgan fingerprint density at radius 3 is 3.00 bits per heavy atom. The minimum Gasteiger partial charge on any atom is -0.337 e. The molecule has 0 saturated heterocycles. The number of nitrogens with zero attached hydrogens (tertiary/aromatic N) is 2. The molecule has 0 aromatic carbocycles. The highest BCUT2D eigenvalue weighted by Gasteiger charge is 2.11. The first-order chi connectivity index (χ1) is 7.77. The Labute approximate surface area is 98.4 Å². The van der Waals surface area contributed by atoms with Crippen molar-refractivity contribution in [2.45, 2.75) is 6.54 Å². The van der Waals surface area contributed by atoms with Crippen LogP contribution in [0.1, 0.15) is 15.9 Å². The molecule has 82 valence electrons. The Hall–Kier alpha value is -1.68. The molecule has 2 aromatic rings. The van der Waals surface area contributed by atoms with E-state index < -0.39 is 0 Å². The quantitative estimate of drug-likeness (QED) is 0.814. The lowest BCUT2D eigenvalue weighted by Gasteiger charge is -2.16. The number of amides is 1. The van der Waals surface area contributed by atoms with Crippen molar-refractivity contribution >= 4 is 17.2 Å². The molecule has 0 aliphatic carbocycles. The van der Waals surface area contributed by atoms with Gasteiger partial charge < -0.3 is 4.90 Å². The van der Waals surface area contributed by atoms with E-state index in [1.54, 1.807) is 47.8 Å². The number of thiophene rings is 1. The molecule has 0 spiro atoms. The molecule has 1 amide bonds. The molecule has 2 rings (SSSR count). The number of aromatic nitrogens is 1. The molecule has 0 atom stereocenters. The monoisotopic (exact) mass is 232 g/mol. The van der Waals surface area contributed by atoms with Gasteiger partial charge >= 0.3 is 0 Å². The van der Waals surface area contributed by atoms with E-state index in [4.69, 9.17) is 0 Å². The van der Waals surface area contributed by atoms with Crippen molar-refractivity contribution in [2.24, 2.45) is 0 Å². The van der Waals surface area contributed by atoms with E-state index >= 15 is 0 Å². The Morgan fingerprint density at radius 1 is 1.50 bits per heavy atom. The standard InChI is InChI=1S/C12H12N2OS/c1-14(8-10-4-6-16-9-10)12(15)11-3-2-5-13-7-11/h2-7,9H,8H2,1H3. The highest BCUT2D eigenvalue weighted by Crippen LogP contribution is 2.10. The fourth-order valence-corrected chi connectivity index (χ4v) is 2.10. The molecule has 0 N–H and O–H groups in total. The maximum Gasteiger partial charge on any atom is 0.255 e. The van der Waals surface area contributed by atoms with Gasteiger partial charge in [0.2, 0.25) is 0 Å². The number of pyridine rings is 1. The summed E-state index contributed by atoms with van der Waals surface area (Å²) in [6.07, 6.45) is 3.25. The van der Waals surface area contributed by atoms with E-state index in [-0.39, 0.29) is 5.91 Å². The molecule has 2 heterocycles. The lowest BCUT2D eigenvalue weighted by atomic mass is 10.2. The van der Waals surface area contributed by atoms with Gasteiger partial charge in [0.25, 0.3) is 5.91 Å². The third-order valence-electron chi connectivity index (χ3n) is 2.26. The second kappa shape index (κ2) is 4.90. The number of hydrogen-bond acceptors (Lipinski definition) is 3. The first-order valence-electron chi connectivity index (χ1n) is 4.94. The SMILES string of the molecule is CN(Cc1ccsc1)C(=O)c1cccnc1. The predicted octanol–water partition coefficient (Wildman–Crippen LogP) is 2.42. The van der Waals surface area contributed by atoms with Gasteiger partial charge in [-0.3, -0.25) is 9.78 Å². The zero-order valence-corrected chi connectivity index (χ0v) is 9.78. The van der Waals surface area contributed by atoms with Crippen molar-refractivity contribution in [2.75, 3.05) is 7.05 Å². The van der Waals surface area contributed by atoms with Crippen LogP contribution in [0.2, 0.25) is 0 Å². The summed E-state index contributed by atoms with van der Waals surface area (Å²) < 4.78 is 0. The molecule has 0 aliphatic heterocycles. The number of carbonyl (C=O) groups is 1.